The van der Waals surface area contributed by atoms with Gasteiger partial charge >= 0.3 is 5.97 Å². The topological polar surface area (TPSA) is 83.9 Å². The number of nitrogens with zero attached hydrogens (tertiary/aromatic N) is 1. The van der Waals surface area contributed by atoms with Crippen LogP contribution in [0, 0.1) is 0 Å². The molecule has 104 valence electrons. The Balaban J connectivity index is 2.66. The van der Waals surface area contributed by atoms with E-state index >= 15 is 0 Å². The van der Waals surface area contributed by atoms with Gasteiger partial charge in [-0.2, -0.15) is 0 Å². The average molecular weight is 285 g/mol. The minimum Gasteiger partial charge on any atom is -0.492 e. The first kappa shape index (κ1) is 13.8. The number of hydrogen-bond acceptors (Lipinski definition) is 4. The molecule has 19 heavy (non-hydrogen) atoms. The highest BCUT2D eigenvalue weighted by Gasteiger charge is 2.26. The molecule has 0 radical (unpaired) electrons. The Labute approximate surface area is 111 Å². The fourth-order valence-corrected chi connectivity index (χ4v) is 2.95. The van der Waals surface area contributed by atoms with Crippen LogP contribution in [0.4, 0.5) is 0 Å². The Hall–Kier alpha value is -1.60. The first-order valence-electron chi connectivity index (χ1n) is 5.79. The summed E-state index contributed by atoms with van der Waals surface area (Å²) in [5, 5.41) is 9.18. The lowest BCUT2D eigenvalue weighted by molar-refractivity contribution is 0.0691. The van der Waals surface area contributed by atoms with Gasteiger partial charge in [-0.1, -0.05) is 0 Å². The first-order valence-corrected chi connectivity index (χ1v) is 7.23. The summed E-state index contributed by atoms with van der Waals surface area (Å²) in [6.07, 6.45) is 1.37. The van der Waals surface area contributed by atoms with Crippen LogP contribution in [0.15, 0.2) is 17.0 Å². The highest BCUT2D eigenvalue weighted by atomic mass is 32.2. The van der Waals surface area contributed by atoms with E-state index in [0.717, 1.165) is 16.8 Å². The second-order valence-corrected chi connectivity index (χ2v) is 6.66. The molecule has 1 aromatic carbocycles. The van der Waals surface area contributed by atoms with E-state index in [1.165, 1.54) is 20.2 Å². The molecule has 0 fully saturated rings. The molecule has 1 N–H and O–H groups in total. The van der Waals surface area contributed by atoms with Gasteiger partial charge in [-0.3, -0.25) is 0 Å². The van der Waals surface area contributed by atoms with Gasteiger partial charge in [0.05, 0.1) is 11.5 Å². The smallest absolute Gasteiger partial charge is 0.339 e. The molecule has 6 nitrogen and oxygen atoms in total. The van der Waals surface area contributed by atoms with E-state index in [-0.39, 0.29) is 16.2 Å². The summed E-state index contributed by atoms with van der Waals surface area (Å²) in [4.78, 5) is 11.2. The van der Waals surface area contributed by atoms with Gasteiger partial charge in [-0.15, -0.1) is 0 Å². The fourth-order valence-electron chi connectivity index (χ4n) is 1.97. The van der Waals surface area contributed by atoms with Gasteiger partial charge < -0.3 is 9.84 Å². The standard InChI is InChI=1S/C12H15NO5S/c1-13(2)19(16,17)9-6-8-4-3-5-18-11(8)10(7-9)12(14)15/h6-7H,3-5H2,1-2H3,(H,14,15). The van der Waals surface area contributed by atoms with Crippen molar-refractivity contribution < 1.29 is 23.1 Å². The molecular formula is C12H15NO5S. The molecule has 0 aromatic heterocycles. The molecule has 1 aliphatic rings. The normalized spacial score (nSPS) is 14.9. The molecule has 0 aliphatic carbocycles. The third-order valence-corrected chi connectivity index (χ3v) is 4.78. The Morgan fingerprint density at radius 2 is 2.05 bits per heavy atom. The van der Waals surface area contributed by atoms with Crippen molar-refractivity contribution in [1.29, 1.82) is 0 Å². The molecule has 1 aromatic rings. The molecular weight excluding hydrogens is 270 g/mol. The van der Waals surface area contributed by atoms with Crippen molar-refractivity contribution in [3.63, 3.8) is 0 Å². The molecule has 0 spiro atoms. The number of fused-ring (bicyclic) bond motifs is 1. The van der Waals surface area contributed by atoms with Crippen molar-refractivity contribution in [2.75, 3.05) is 20.7 Å². The van der Waals surface area contributed by atoms with E-state index in [2.05, 4.69) is 0 Å². The maximum atomic E-state index is 12.1. The van der Waals surface area contributed by atoms with Crippen LogP contribution < -0.4 is 4.74 Å². The number of ether oxygens (including phenoxy) is 1. The van der Waals surface area contributed by atoms with Crippen molar-refractivity contribution in [2.45, 2.75) is 17.7 Å². The minimum absolute atomic E-state index is 0.0147. The van der Waals surface area contributed by atoms with E-state index < -0.39 is 16.0 Å². The molecule has 1 aliphatic heterocycles. The Bertz CT molecular complexity index is 621. The summed E-state index contributed by atoms with van der Waals surface area (Å²) in [6.45, 7) is 0.451. The van der Waals surface area contributed by atoms with Crippen molar-refractivity contribution in [3.05, 3.63) is 23.3 Å². The lowest BCUT2D eigenvalue weighted by atomic mass is 10.0. The Morgan fingerprint density at radius 3 is 2.63 bits per heavy atom. The highest BCUT2D eigenvalue weighted by Crippen LogP contribution is 2.32. The maximum absolute atomic E-state index is 12.1. The molecule has 0 saturated heterocycles. The zero-order chi connectivity index (χ0) is 14.2. The van der Waals surface area contributed by atoms with Gasteiger partial charge in [0.2, 0.25) is 10.0 Å². The van der Waals surface area contributed by atoms with Crippen molar-refractivity contribution in [2.24, 2.45) is 0 Å². The SMILES string of the molecule is CN(C)S(=O)(=O)c1cc2c(c(C(=O)O)c1)OCCC2. The van der Waals surface area contributed by atoms with E-state index in [9.17, 15) is 18.3 Å². The number of carbonyl (C=O) groups is 1. The van der Waals surface area contributed by atoms with Crippen molar-refractivity contribution in [3.8, 4) is 5.75 Å². The van der Waals surface area contributed by atoms with Crippen LogP contribution in [0.5, 0.6) is 5.75 Å². The lowest BCUT2D eigenvalue weighted by Crippen LogP contribution is -2.23. The van der Waals surface area contributed by atoms with Crippen LogP contribution in [0.1, 0.15) is 22.3 Å². The summed E-state index contributed by atoms with van der Waals surface area (Å²) in [7, 11) is -0.835. The molecule has 0 unspecified atom stereocenters. The number of carboxylic acids is 1. The van der Waals surface area contributed by atoms with Crippen LogP contribution >= 0.6 is 0 Å². The first-order chi connectivity index (χ1) is 8.84. The predicted octanol–water partition coefficient (Wildman–Crippen LogP) is 0.960. The van der Waals surface area contributed by atoms with Crippen molar-refractivity contribution >= 4 is 16.0 Å². The van der Waals surface area contributed by atoms with E-state index in [0.29, 0.717) is 18.6 Å². The van der Waals surface area contributed by atoms with Crippen LogP contribution in [-0.4, -0.2) is 44.5 Å². The number of carboxylic acid groups (broad SMARTS) is 1. The monoisotopic (exact) mass is 285 g/mol. The summed E-state index contributed by atoms with van der Waals surface area (Å²) in [6, 6.07) is 2.65. The molecule has 0 bridgehead atoms. The van der Waals surface area contributed by atoms with Gasteiger partial charge in [0.25, 0.3) is 0 Å². The van der Waals surface area contributed by atoms with Gasteiger partial charge in [0.1, 0.15) is 11.3 Å². The summed E-state index contributed by atoms with van der Waals surface area (Å²) >= 11 is 0. The fraction of sp³-hybridized carbons (Fsp3) is 0.417. The third kappa shape index (κ3) is 2.43. The summed E-state index contributed by atoms with van der Waals surface area (Å²) < 4.78 is 30.6. The largest absolute Gasteiger partial charge is 0.492 e. The quantitative estimate of drug-likeness (QED) is 0.894. The Kier molecular flexibility index (Phi) is 3.51. The third-order valence-electron chi connectivity index (χ3n) is 2.99. The van der Waals surface area contributed by atoms with Crippen molar-refractivity contribution in [1.82, 2.24) is 4.31 Å². The number of aryl methyl sites for hydroxylation is 1. The molecule has 1 heterocycles. The van der Waals surface area contributed by atoms with Crippen LogP contribution in [0.3, 0.4) is 0 Å². The highest BCUT2D eigenvalue weighted by molar-refractivity contribution is 7.89. The second-order valence-electron chi connectivity index (χ2n) is 4.50. The van der Waals surface area contributed by atoms with Gasteiger partial charge in [0, 0.05) is 14.1 Å². The summed E-state index contributed by atoms with van der Waals surface area (Å²) in [5.41, 5.74) is 0.532. The second kappa shape index (κ2) is 4.82. The molecule has 0 amide bonds. The number of hydrogen-bond donors (Lipinski definition) is 1. The lowest BCUT2D eigenvalue weighted by Gasteiger charge is -2.21. The maximum Gasteiger partial charge on any atom is 0.339 e. The number of aromatic carboxylic acids is 1. The zero-order valence-electron chi connectivity index (χ0n) is 10.7. The van der Waals surface area contributed by atoms with Crippen LogP contribution in [0.2, 0.25) is 0 Å². The van der Waals surface area contributed by atoms with Crippen LogP contribution in [-0.2, 0) is 16.4 Å². The van der Waals surface area contributed by atoms with Gasteiger partial charge in [0.15, 0.2) is 0 Å². The average Bonchev–Trinajstić information content (AvgIpc) is 2.36. The minimum atomic E-state index is -3.65. The van der Waals surface area contributed by atoms with Crippen LogP contribution in [0.25, 0.3) is 0 Å². The molecule has 0 saturated carbocycles. The predicted molar refractivity (Wildman–Crippen MR) is 68.1 cm³/mol. The number of benzene rings is 1. The van der Waals surface area contributed by atoms with E-state index in [4.69, 9.17) is 4.74 Å². The van der Waals surface area contributed by atoms with Gasteiger partial charge in [-0.05, 0) is 30.5 Å². The Morgan fingerprint density at radius 1 is 1.37 bits per heavy atom. The van der Waals surface area contributed by atoms with E-state index in [1.807, 2.05) is 0 Å². The molecule has 7 heteroatoms. The zero-order valence-corrected chi connectivity index (χ0v) is 11.5. The number of rotatable bonds is 3. The molecule has 2 rings (SSSR count). The van der Waals surface area contributed by atoms with E-state index in [1.54, 1.807) is 0 Å². The number of sulfonamides is 1. The molecule has 0 atom stereocenters. The summed E-state index contributed by atoms with van der Waals surface area (Å²) in [5.74, 6) is -0.898. The van der Waals surface area contributed by atoms with Gasteiger partial charge in [-0.25, -0.2) is 17.5 Å².